The molecule has 0 aromatic carbocycles. The lowest BCUT2D eigenvalue weighted by Gasteiger charge is -2.32. The van der Waals surface area contributed by atoms with E-state index in [0.29, 0.717) is 12.6 Å². The Bertz CT molecular complexity index is 181. The van der Waals surface area contributed by atoms with E-state index in [0.717, 1.165) is 11.8 Å². The van der Waals surface area contributed by atoms with Gasteiger partial charge in [-0.3, -0.25) is 0 Å². The normalized spacial score (nSPS) is 45.0. The number of hydrogen-bond donors (Lipinski definition) is 1. The van der Waals surface area contributed by atoms with Crippen LogP contribution in [-0.2, 0) is 4.74 Å². The molecule has 0 spiro atoms. The molecule has 1 unspecified atom stereocenters. The van der Waals surface area contributed by atoms with Gasteiger partial charge in [-0.2, -0.15) is 0 Å². The summed E-state index contributed by atoms with van der Waals surface area (Å²) in [6, 6.07) is 0. The summed E-state index contributed by atoms with van der Waals surface area (Å²) in [7, 11) is 0. The Morgan fingerprint density at radius 3 is 2.67 bits per heavy atom. The topological polar surface area (TPSA) is 35.2 Å². The lowest BCUT2D eigenvalue weighted by atomic mass is 9.97. The molecule has 0 amide bonds. The van der Waals surface area contributed by atoms with E-state index in [1.54, 1.807) is 0 Å². The maximum Gasteiger partial charge on any atom is 0.0838 e. The third-order valence-corrected chi connectivity index (χ3v) is 3.35. The lowest BCUT2D eigenvalue weighted by molar-refractivity contribution is -0.0837. The highest BCUT2D eigenvalue weighted by Crippen LogP contribution is 2.58. The zero-order valence-electron chi connectivity index (χ0n) is 8.05. The Labute approximate surface area is 74.5 Å². The first kappa shape index (κ1) is 8.52. The van der Waals surface area contributed by atoms with Gasteiger partial charge in [0.05, 0.1) is 11.7 Å². The largest absolute Gasteiger partial charge is 0.371 e. The van der Waals surface area contributed by atoms with Gasteiger partial charge in [0.2, 0.25) is 0 Å². The second-order valence-corrected chi connectivity index (χ2v) is 4.58. The van der Waals surface area contributed by atoms with Crippen LogP contribution >= 0.6 is 0 Å². The van der Waals surface area contributed by atoms with E-state index in [2.05, 4.69) is 13.8 Å². The highest BCUT2D eigenvalue weighted by atomic mass is 16.5. The van der Waals surface area contributed by atoms with Crippen molar-refractivity contribution in [3.8, 4) is 0 Å². The summed E-state index contributed by atoms with van der Waals surface area (Å²) in [6.07, 6.45) is 4.23. The van der Waals surface area contributed by atoms with Crippen molar-refractivity contribution in [2.75, 3.05) is 6.54 Å². The highest BCUT2D eigenvalue weighted by Gasteiger charge is 2.58. The smallest absolute Gasteiger partial charge is 0.0838 e. The fraction of sp³-hybridized carbons (Fsp3) is 1.00. The van der Waals surface area contributed by atoms with Gasteiger partial charge in [-0.1, -0.05) is 0 Å². The Kier molecular flexibility index (Phi) is 1.92. The fourth-order valence-corrected chi connectivity index (χ4v) is 2.74. The van der Waals surface area contributed by atoms with E-state index < -0.39 is 0 Å². The molecule has 2 aliphatic rings. The first-order chi connectivity index (χ1) is 5.68. The molecule has 2 saturated carbocycles. The standard InChI is InChI=1S/C10H19NO/c1-7(2)12-10(6-11)4-3-8-5-9(8)10/h7-9H,3-6,11H2,1-2H3/t8-,9+,10?/m1/s1. The van der Waals surface area contributed by atoms with E-state index >= 15 is 0 Å². The predicted molar refractivity (Wildman–Crippen MR) is 48.8 cm³/mol. The van der Waals surface area contributed by atoms with Crippen LogP contribution in [0.5, 0.6) is 0 Å². The zero-order chi connectivity index (χ0) is 8.77. The Morgan fingerprint density at radius 2 is 2.33 bits per heavy atom. The monoisotopic (exact) mass is 169 g/mol. The van der Waals surface area contributed by atoms with Gasteiger partial charge in [-0.05, 0) is 44.9 Å². The average molecular weight is 169 g/mol. The molecule has 70 valence electrons. The van der Waals surface area contributed by atoms with Gasteiger partial charge in [0, 0.05) is 6.54 Å². The molecular weight excluding hydrogens is 150 g/mol. The van der Waals surface area contributed by atoms with Crippen LogP contribution in [0, 0.1) is 11.8 Å². The summed E-state index contributed by atoms with van der Waals surface area (Å²) in [4.78, 5) is 0. The van der Waals surface area contributed by atoms with Crippen LogP contribution < -0.4 is 5.73 Å². The van der Waals surface area contributed by atoms with Crippen LogP contribution in [0.1, 0.15) is 33.1 Å². The van der Waals surface area contributed by atoms with Gasteiger partial charge in [0.15, 0.2) is 0 Å². The second-order valence-electron chi connectivity index (χ2n) is 4.58. The molecule has 0 radical (unpaired) electrons. The van der Waals surface area contributed by atoms with Crippen molar-refractivity contribution in [3.63, 3.8) is 0 Å². The molecule has 0 aliphatic heterocycles. The van der Waals surface area contributed by atoms with Crippen molar-refractivity contribution in [1.29, 1.82) is 0 Å². The third kappa shape index (κ3) is 1.17. The maximum absolute atomic E-state index is 5.98. The second kappa shape index (κ2) is 2.71. The van der Waals surface area contributed by atoms with E-state index in [1.807, 2.05) is 0 Å². The highest BCUT2D eigenvalue weighted by molar-refractivity contribution is 5.09. The van der Waals surface area contributed by atoms with Crippen molar-refractivity contribution in [3.05, 3.63) is 0 Å². The molecule has 12 heavy (non-hydrogen) atoms. The number of fused-ring (bicyclic) bond motifs is 1. The summed E-state index contributed by atoms with van der Waals surface area (Å²) in [6.45, 7) is 4.92. The Balaban J connectivity index is 2.03. The summed E-state index contributed by atoms with van der Waals surface area (Å²) in [5, 5.41) is 0. The van der Waals surface area contributed by atoms with Crippen molar-refractivity contribution in [2.24, 2.45) is 17.6 Å². The van der Waals surface area contributed by atoms with Crippen LogP contribution in [0.4, 0.5) is 0 Å². The van der Waals surface area contributed by atoms with Gasteiger partial charge >= 0.3 is 0 Å². The molecule has 2 aliphatic carbocycles. The molecule has 0 heterocycles. The van der Waals surface area contributed by atoms with Crippen LogP contribution in [-0.4, -0.2) is 18.2 Å². The van der Waals surface area contributed by atoms with Gasteiger partial charge in [-0.25, -0.2) is 0 Å². The summed E-state index contributed by atoms with van der Waals surface area (Å²) in [5.41, 5.74) is 5.88. The molecule has 2 fully saturated rings. The molecule has 3 atom stereocenters. The van der Waals surface area contributed by atoms with Gasteiger partial charge < -0.3 is 10.5 Å². The minimum atomic E-state index is 0.0683. The predicted octanol–water partition coefficient (Wildman–Crippen LogP) is 1.54. The molecule has 0 bridgehead atoms. The molecule has 2 N–H and O–H groups in total. The third-order valence-electron chi connectivity index (χ3n) is 3.35. The molecular formula is C10H19NO. The number of rotatable bonds is 3. The van der Waals surface area contributed by atoms with Crippen molar-refractivity contribution >= 4 is 0 Å². The maximum atomic E-state index is 5.98. The van der Waals surface area contributed by atoms with Crippen LogP contribution in [0.2, 0.25) is 0 Å². The van der Waals surface area contributed by atoms with Crippen LogP contribution in [0.25, 0.3) is 0 Å². The summed E-state index contributed by atoms with van der Waals surface area (Å²) in [5.74, 6) is 1.75. The van der Waals surface area contributed by atoms with Crippen molar-refractivity contribution < 1.29 is 4.74 Å². The van der Waals surface area contributed by atoms with Crippen molar-refractivity contribution in [1.82, 2.24) is 0 Å². The molecule has 0 saturated heterocycles. The number of nitrogens with two attached hydrogens (primary N) is 1. The van der Waals surface area contributed by atoms with Crippen molar-refractivity contribution in [2.45, 2.75) is 44.8 Å². The molecule has 2 rings (SSSR count). The molecule has 2 heteroatoms. The Hall–Kier alpha value is -0.0800. The lowest BCUT2D eigenvalue weighted by Crippen LogP contribution is -2.43. The summed E-state index contributed by atoms with van der Waals surface area (Å²) >= 11 is 0. The van der Waals surface area contributed by atoms with E-state index in [4.69, 9.17) is 10.5 Å². The van der Waals surface area contributed by atoms with Crippen LogP contribution in [0.15, 0.2) is 0 Å². The number of ether oxygens (including phenoxy) is 1. The van der Waals surface area contributed by atoms with Crippen LogP contribution in [0.3, 0.4) is 0 Å². The first-order valence-corrected chi connectivity index (χ1v) is 5.06. The summed E-state index contributed by atoms with van der Waals surface area (Å²) < 4.78 is 5.98. The van der Waals surface area contributed by atoms with Gasteiger partial charge in [0.25, 0.3) is 0 Å². The van der Waals surface area contributed by atoms with E-state index in [-0.39, 0.29) is 5.60 Å². The van der Waals surface area contributed by atoms with Gasteiger partial charge in [0.1, 0.15) is 0 Å². The number of hydrogen-bond acceptors (Lipinski definition) is 2. The molecule has 0 aromatic rings. The first-order valence-electron chi connectivity index (χ1n) is 5.06. The average Bonchev–Trinajstić information content (AvgIpc) is 2.72. The minimum Gasteiger partial charge on any atom is -0.371 e. The fourth-order valence-electron chi connectivity index (χ4n) is 2.74. The van der Waals surface area contributed by atoms with E-state index in [1.165, 1.54) is 19.3 Å². The Morgan fingerprint density at radius 1 is 1.58 bits per heavy atom. The molecule has 2 nitrogen and oxygen atoms in total. The minimum absolute atomic E-state index is 0.0683. The van der Waals surface area contributed by atoms with Gasteiger partial charge in [-0.15, -0.1) is 0 Å². The quantitative estimate of drug-likeness (QED) is 0.695. The molecule has 0 aromatic heterocycles. The van der Waals surface area contributed by atoms with E-state index in [9.17, 15) is 0 Å². The zero-order valence-corrected chi connectivity index (χ0v) is 8.05. The SMILES string of the molecule is CC(C)OC1(CN)CC[C@@H]2C[C@@H]21.